The zero-order valence-corrected chi connectivity index (χ0v) is 11.3. The lowest BCUT2D eigenvalue weighted by Crippen LogP contribution is -2.00. The van der Waals surface area contributed by atoms with Crippen molar-refractivity contribution in [2.75, 3.05) is 5.32 Å². The highest BCUT2D eigenvalue weighted by molar-refractivity contribution is 5.79. The van der Waals surface area contributed by atoms with Crippen molar-refractivity contribution >= 4 is 22.7 Å². The molecule has 0 atom stereocenters. The molecule has 0 spiro atoms. The van der Waals surface area contributed by atoms with Crippen LogP contribution in [0.3, 0.4) is 0 Å². The van der Waals surface area contributed by atoms with Gasteiger partial charge in [-0.1, -0.05) is 12.1 Å². The number of para-hydroxylation sites is 2. The number of aromatic nitrogens is 4. The summed E-state index contributed by atoms with van der Waals surface area (Å²) in [4.78, 5) is 4.58. The van der Waals surface area contributed by atoms with Gasteiger partial charge >= 0.3 is 0 Å². The molecule has 1 N–H and O–H groups in total. The van der Waals surface area contributed by atoms with E-state index in [1.165, 1.54) is 0 Å². The summed E-state index contributed by atoms with van der Waals surface area (Å²) in [6.07, 6.45) is 3.81. The Bertz CT molecular complexity index is 708. The van der Waals surface area contributed by atoms with Gasteiger partial charge in [0.1, 0.15) is 0 Å². The quantitative estimate of drug-likeness (QED) is 0.782. The number of benzene rings is 1. The van der Waals surface area contributed by atoms with Crippen molar-refractivity contribution in [3.05, 3.63) is 36.7 Å². The molecule has 0 radical (unpaired) electrons. The summed E-state index contributed by atoms with van der Waals surface area (Å²) in [5, 5.41) is 7.62. The lowest BCUT2D eigenvalue weighted by atomic mass is 10.3. The number of nitrogens with zero attached hydrogens (tertiary/aromatic N) is 4. The Morgan fingerprint density at radius 2 is 2.00 bits per heavy atom. The summed E-state index contributed by atoms with van der Waals surface area (Å²) in [6.45, 7) is 4.21. The first-order valence-corrected chi connectivity index (χ1v) is 6.38. The van der Waals surface area contributed by atoms with Gasteiger partial charge in [-0.2, -0.15) is 5.10 Å². The van der Waals surface area contributed by atoms with Crippen molar-refractivity contribution in [1.29, 1.82) is 0 Å². The molecule has 19 heavy (non-hydrogen) atoms. The van der Waals surface area contributed by atoms with E-state index in [4.69, 9.17) is 0 Å². The van der Waals surface area contributed by atoms with Gasteiger partial charge in [0.05, 0.1) is 22.9 Å². The third-order valence-corrected chi connectivity index (χ3v) is 3.17. The molecule has 0 fully saturated rings. The van der Waals surface area contributed by atoms with E-state index in [-0.39, 0.29) is 0 Å². The number of imidazole rings is 1. The summed E-state index contributed by atoms with van der Waals surface area (Å²) in [5.74, 6) is 0.824. The van der Waals surface area contributed by atoms with E-state index in [1.54, 1.807) is 0 Å². The van der Waals surface area contributed by atoms with Crippen molar-refractivity contribution in [1.82, 2.24) is 19.3 Å². The Morgan fingerprint density at radius 3 is 2.68 bits per heavy atom. The van der Waals surface area contributed by atoms with Gasteiger partial charge in [0, 0.05) is 19.3 Å². The highest BCUT2D eigenvalue weighted by Gasteiger charge is 2.08. The number of anilines is 2. The number of nitrogens with one attached hydrogen (secondary N) is 1. The number of fused-ring (bicyclic) bond motifs is 1. The zero-order valence-electron chi connectivity index (χ0n) is 11.3. The number of rotatable bonds is 3. The summed E-state index contributed by atoms with van der Waals surface area (Å²) in [6, 6.07) is 8.44. The fraction of sp³-hybridized carbons (Fsp3) is 0.286. The predicted octanol–water partition coefficient (Wildman–Crippen LogP) is 3.09. The summed E-state index contributed by atoms with van der Waals surface area (Å²) >= 11 is 0. The van der Waals surface area contributed by atoms with Crippen LogP contribution in [0.15, 0.2) is 36.7 Å². The van der Waals surface area contributed by atoms with Crippen LogP contribution in [0, 0.1) is 0 Å². The smallest absolute Gasteiger partial charge is 0.208 e. The Kier molecular flexibility index (Phi) is 2.74. The van der Waals surface area contributed by atoms with Crippen LogP contribution in [0.5, 0.6) is 0 Å². The van der Waals surface area contributed by atoms with E-state index in [1.807, 2.05) is 46.9 Å². The van der Waals surface area contributed by atoms with Crippen LogP contribution < -0.4 is 5.32 Å². The molecule has 0 aliphatic carbocycles. The Labute approximate surface area is 111 Å². The summed E-state index contributed by atoms with van der Waals surface area (Å²) in [7, 11) is 2.00. The molecule has 3 aromatic rings. The van der Waals surface area contributed by atoms with Crippen molar-refractivity contribution in [3.8, 4) is 0 Å². The molecule has 0 aliphatic rings. The van der Waals surface area contributed by atoms with E-state index < -0.39 is 0 Å². The maximum absolute atomic E-state index is 4.58. The van der Waals surface area contributed by atoms with Crippen LogP contribution in [0.2, 0.25) is 0 Å². The Morgan fingerprint density at radius 1 is 1.21 bits per heavy atom. The maximum Gasteiger partial charge on any atom is 0.208 e. The molecule has 0 unspecified atom stereocenters. The monoisotopic (exact) mass is 255 g/mol. The average Bonchev–Trinajstić information content (AvgIpc) is 2.97. The molecule has 98 valence electrons. The molecular formula is C14H17N5. The van der Waals surface area contributed by atoms with Crippen LogP contribution in [-0.4, -0.2) is 19.3 Å². The molecule has 0 bridgehead atoms. The maximum atomic E-state index is 4.58. The third kappa shape index (κ3) is 2.07. The molecular weight excluding hydrogens is 238 g/mol. The number of aryl methyl sites for hydroxylation is 1. The van der Waals surface area contributed by atoms with E-state index in [0.717, 1.165) is 22.7 Å². The summed E-state index contributed by atoms with van der Waals surface area (Å²) < 4.78 is 3.97. The fourth-order valence-corrected chi connectivity index (χ4v) is 2.07. The van der Waals surface area contributed by atoms with Crippen molar-refractivity contribution in [2.45, 2.75) is 19.9 Å². The molecule has 2 heterocycles. The van der Waals surface area contributed by atoms with Gasteiger partial charge in [0.25, 0.3) is 0 Å². The Balaban J connectivity index is 1.94. The molecule has 5 heteroatoms. The second-order valence-corrected chi connectivity index (χ2v) is 4.91. The van der Waals surface area contributed by atoms with E-state index in [0.29, 0.717) is 6.04 Å². The minimum absolute atomic E-state index is 0.357. The van der Waals surface area contributed by atoms with Gasteiger partial charge in [0.15, 0.2) is 0 Å². The lowest BCUT2D eigenvalue weighted by molar-refractivity contribution is 0.532. The molecule has 3 rings (SSSR count). The van der Waals surface area contributed by atoms with Crippen LogP contribution in [0.25, 0.3) is 11.0 Å². The van der Waals surface area contributed by atoms with Crippen molar-refractivity contribution < 1.29 is 0 Å². The van der Waals surface area contributed by atoms with Crippen LogP contribution in [-0.2, 0) is 7.05 Å². The number of hydrogen-bond acceptors (Lipinski definition) is 3. The van der Waals surface area contributed by atoms with Crippen molar-refractivity contribution in [3.63, 3.8) is 0 Å². The molecule has 2 aromatic heterocycles. The molecule has 0 saturated heterocycles. The van der Waals surface area contributed by atoms with Gasteiger partial charge in [-0.05, 0) is 26.0 Å². The standard InChI is InChI=1S/C14H17N5/c1-10(2)19-9-11(8-15-19)16-14-17-12-6-4-5-7-13(12)18(14)3/h4-10H,1-3H3,(H,16,17). The van der Waals surface area contributed by atoms with Gasteiger partial charge in [-0.3, -0.25) is 4.68 Å². The fourth-order valence-electron chi connectivity index (χ4n) is 2.07. The van der Waals surface area contributed by atoms with E-state index in [2.05, 4.69) is 35.3 Å². The molecule has 0 aliphatic heterocycles. The van der Waals surface area contributed by atoms with Crippen molar-refractivity contribution in [2.24, 2.45) is 7.05 Å². The van der Waals surface area contributed by atoms with Gasteiger partial charge in [0.2, 0.25) is 5.95 Å². The first-order chi connectivity index (χ1) is 9.15. The average molecular weight is 255 g/mol. The normalized spacial score (nSPS) is 11.4. The largest absolute Gasteiger partial charge is 0.323 e. The summed E-state index contributed by atoms with van der Waals surface area (Å²) in [5.41, 5.74) is 3.05. The topological polar surface area (TPSA) is 47.7 Å². The highest BCUT2D eigenvalue weighted by Crippen LogP contribution is 2.21. The minimum Gasteiger partial charge on any atom is -0.323 e. The Hall–Kier alpha value is -2.30. The molecule has 0 amide bonds. The first kappa shape index (κ1) is 11.8. The predicted molar refractivity (Wildman–Crippen MR) is 76.6 cm³/mol. The van der Waals surface area contributed by atoms with Gasteiger partial charge in [-0.25, -0.2) is 4.98 Å². The van der Waals surface area contributed by atoms with Gasteiger partial charge in [-0.15, -0.1) is 0 Å². The molecule has 0 saturated carbocycles. The first-order valence-electron chi connectivity index (χ1n) is 6.38. The van der Waals surface area contributed by atoms with Crippen LogP contribution in [0.1, 0.15) is 19.9 Å². The molecule has 5 nitrogen and oxygen atoms in total. The van der Waals surface area contributed by atoms with Crippen LogP contribution in [0.4, 0.5) is 11.6 Å². The minimum atomic E-state index is 0.357. The van der Waals surface area contributed by atoms with E-state index in [9.17, 15) is 0 Å². The SMILES string of the molecule is CC(C)n1cc(Nc2nc3ccccc3n2C)cn1. The molecule has 1 aromatic carbocycles. The second-order valence-electron chi connectivity index (χ2n) is 4.91. The van der Waals surface area contributed by atoms with E-state index >= 15 is 0 Å². The van der Waals surface area contributed by atoms with Crippen LogP contribution >= 0.6 is 0 Å². The second kappa shape index (κ2) is 4.42. The van der Waals surface area contributed by atoms with Gasteiger partial charge < -0.3 is 9.88 Å². The third-order valence-electron chi connectivity index (χ3n) is 3.17. The zero-order chi connectivity index (χ0) is 13.4. The lowest BCUT2D eigenvalue weighted by Gasteiger charge is -2.04. The highest BCUT2D eigenvalue weighted by atomic mass is 15.3. The number of hydrogen-bond donors (Lipinski definition) is 1.